The Hall–Kier alpha value is -1.93. The van der Waals surface area contributed by atoms with Crippen LogP contribution in [0.2, 0.25) is 0 Å². The number of hydrogen-bond donors (Lipinski definition) is 3. The van der Waals surface area contributed by atoms with Crippen molar-refractivity contribution in [2.24, 2.45) is 5.92 Å². The standard InChI is InChI=1S/C13H18N2O5S/c1-9(2)7-15-21(19,20)11-5-3-10(4-6-11)13(18)14-8-12(16)17/h3-6,9,15H,7-8H2,1-2H3,(H,14,18)(H,16,17). The lowest BCUT2D eigenvalue weighted by atomic mass is 10.2. The number of carboxylic acid groups (broad SMARTS) is 1. The first-order chi connectivity index (χ1) is 9.72. The van der Waals surface area contributed by atoms with E-state index in [1.807, 2.05) is 13.8 Å². The number of carbonyl (C=O) groups is 2. The summed E-state index contributed by atoms with van der Waals surface area (Å²) in [5, 5.41) is 10.7. The molecule has 0 atom stereocenters. The van der Waals surface area contributed by atoms with Gasteiger partial charge in [-0.3, -0.25) is 9.59 Å². The van der Waals surface area contributed by atoms with Gasteiger partial charge in [0.25, 0.3) is 5.91 Å². The van der Waals surface area contributed by atoms with E-state index in [-0.39, 0.29) is 16.4 Å². The van der Waals surface area contributed by atoms with Gasteiger partial charge < -0.3 is 10.4 Å². The first-order valence-electron chi connectivity index (χ1n) is 6.32. The van der Waals surface area contributed by atoms with E-state index in [0.29, 0.717) is 6.54 Å². The van der Waals surface area contributed by atoms with Crippen LogP contribution in [0.1, 0.15) is 24.2 Å². The first-order valence-corrected chi connectivity index (χ1v) is 7.80. The lowest BCUT2D eigenvalue weighted by molar-refractivity contribution is -0.135. The van der Waals surface area contributed by atoms with E-state index in [0.717, 1.165) is 0 Å². The Morgan fingerprint density at radius 3 is 2.24 bits per heavy atom. The van der Waals surface area contributed by atoms with Crippen molar-refractivity contribution in [3.8, 4) is 0 Å². The minimum atomic E-state index is -3.60. The Morgan fingerprint density at radius 1 is 1.19 bits per heavy atom. The molecule has 0 unspecified atom stereocenters. The highest BCUT2D eigenvalue weighted by Crippen LogP contribution is 2.11. The van der Waals surface area contributed by atoms with E-state index >= 15 is 0 Å². The third-order valence-electron chi connectivity index (χ3n) is 2.51. The summed E-state index contributed by atoms with van der Waals surface area (Å²) in [5.41, 5.74) is 0.194. The predicted octanol–water partition coefficient (Wildman–Crippen LogP) is 0.435. The van der Waals surface area contributed by atoms with Crippen molar-refractivity contribution in [1.82, 2.24) is 10.0 Å². The summed E-state index contributed by atoms with van der Waals surface area (Å²) in [5.74, 6) is -1.54. The number of hydrogen-bond acceptors (Lipinski definition) is 4. The number of sulfonamides is 1. The minimum absolute atomic E-state index is 0.0536. The molecule has 0 heterocycles. The van der Waals surface area contributed by atoms with Crippen LogP contribution in [0.25, 0.3) is 0 Å². The molecule has 8 heteroatoms. The zero-order valence-corrected chi connectivity index (χ0v) is 12.6. The molecular weight excluding hydrogens is 296 g/mol. The van der Waals surface area contributed by atoms with Gasteiger partial charge in [0.1, 0.15) is 6.54 Å². The van der Waals surface area contributed by atoms with Crippen molar-refractivity contribution in [1.29, 1.82) is 0 Å². The van der Waals surface area contributed by atoms with Crippen molar-refractivity contribution in [2.75, 3.05) is 13.1 Å². The number of carbonyl (C=O) groups excluding carboxylic acids is 1. The van der Waals surface area contributed by atoms with E-state index in [1.54, 1.807) is 0 Å². The molecule has 0 radical (unpaired) electrons. The van der Waals surface area contributed by atoms with Gasteiger partial charge in [-0.05, 0) is 30.2 Å². The topological polar surface area (TPSA) is 113 Å². The molecule has 0 bridgehead atoms. The molecule has 1 aromatic rings. The highest BCUT2D eigenvalue weighted by molar-refractivity contribution is 7.89. The lowest BCUT2D eigenvalue weighted by Gasteiger charge is -2.09. The molecule has 7 nitrogen and oxygen atoms in total. The van der Waals surface area contributed by atoms with Gasteiger partial charge in [-0.2, -0.15) is 0 Å². The molecule has 3 N–H and O–H groups in total. The Kier molecular flexibility index (Phi) is 5.86. The number of aliphatic carboxylic acids is 1. The Morgan fingerprint density at radius 2 is 1.76 bits per heavy atom. The highest BCUT2D eigenvalue weighted by atomic mass is 32.2. The molecule has 1 aromatic carbocycles. The number of amides is 1. The van der Waals surface area contributed by atoms with Crippen LogP contribution in [0.15, 0.2) is 29.2 Å². The van der Waals surface area contributed by atoms with Gasteiger partial charge in [-0.15, -0.1) is 0 Å². The maximum atomic E-state index is 11.9. The van der Waals surface area contributed by atoms with E-state index in [1.165, 1.54) is 24.3 Å². The molecule has 0 saturated heterocycles. The normalized spacial score (nSPS) is 11.4. The van der Waals surface area contributed by atoms with Crippen LogP contribution in [-0.2, 0) is 14.8 Å². The van der Waals surface area contributed by atoms with Crippen LogP contribution in [-0.4, -0.2) is 38.5 Å². The smallest absolute Gasteiger partial charge is 0.322 e. The number of benzene rings is 1. The summed E-state index contributed by atoms with van der Waals surface area (Å²) >= 11 is 0. The van der Waals surface area contributed by atoms with Gasteiger partial charge in [0.15, 0.2) is 0 Å². The molecule has 0 aromatic heterocycles. The molecule has 0 aliphatic rings. The van der Waals surface area contributed by atoms with Crippen molar-refractivity contribution >= 4 is 21.9 Å². The van der Waals surface area contributed by atoms with Gasteiger partial charge in [0.05, 0.1) is 4.90 Å². The Balaban J connectivity index is 2.77. The van der Waals surface area contributed by atoms with Gasteiger partial charge in [0, 0.05) is 12.1 Å². The molecule has 0 fully saturated rings. The summed E-state index contributed by atoms with van der Waals surface area (Å²) < 4.78 is 26.3. The van der Waals surface area contributed by atoms with E-state index in [2.05, 4.69) is 10.0 Å². The average molecular weight is 314 g/mol. The van der Waals surface area contributed by atoms with Crippen LogP contribution >= 0.6 is 0 Å². The fraction of sp³-hybridized carbons (Fsp3) is 0.385. The SMILES string of the molecule is CC(C)CNS(=O)(=O)c1ccc(C(=O)NCC(=O)O)cc1. The van der Waals surface area contributed by atoms with Crippen LogP contribution < -0.4 is 10.0 Å². The van der Waals surface area contributed by atoms with Gasteiger partial charge in [0.2, 0.25) is 10.0 Å². The fourth-order valence-electron chi connectivity index (χ4n) is 1.40. The molecule has 0 saturated carbocycles. The summed E-state index contributed by atoms with van der Waals surface area (Å²) in [6.07, 6.45) is 0. The Labute approximate surface area is 123 Å². The largest absolute Gasteiger partial charge is 0.480 e. The zero-order chi connectivity index (χ0) is 16.0. The predicted molar refractivity (Wildman–Crippen MR) is 76.4 cm³/mol. The fourth-order valence-corrected chi connectivity index (χ4v) is 2.62. The molecule has 0 spiro atoms. The van der Waals surface area contributed by atoms with Crippen LogP contribution in [0.5, 0.6) is 0 Å². The minimum Gasteiger partial charge on any atom is -0.480 e. The average Bonchev–Trinajstić information content (AvgIpc) is 2.43. The second-order valence-electron chi connectivity index (χ2n) is 4.85. The molecule has 0 aliphatic carbocycles. The van der Waals surface area contributed by atoms with Crippen LogP contribution in [0.4, 0.5) is 0 Å². The van der Waals surface area contributed by atoms with E-state index in [4.69, 9.17) is 5.11 Å². The third kappa shape index (κ3) is 5.52. The molecular formula is C13H18N2O5S. The lowest BCUT2D eigenvalue weighted by Crippen LogP contribution is -2.29. The summed E-state index contributed by atoms with van der Waals surface area (Å²) in [6, 6.07) is 5.28. The first kappa shape index (κ1) is 17.1. The maximum Gasteiger partial charge on any atom is 0.322 e. The summed E-state index contributed by atoms with van der Waals surface area (Å²) in [6.45, 7) is 3.61. The molecule has 1 rings (SSSR count). The summed E-state index contributed by atoms with van der Waals surface area (Å²) in [4.78, 5) is 22.0. The number of nitrogens with one attached hydrogen (secondary N) is 2. The third-order valence-corrected chi connectivity index (χ3v) is 3.95. The second kappa shape index (κ2) is 7.19. The van der Waals surface area contributed by atoms with Gasteiger partial charge >= 0.3 is 5.97 Å². The molecule has 21 heavy (non-hydrogen) atoms. The van der Waals surface area contributed by atoms with Crippen molar-refractivity contribution in [2.45, 2.75) is 18.7 Å². The van der Waals surface area contributed by atoms with Crippen molar-refractivity contribution in [3.63, 3.8) is 0 Å². The quantitative estimate of drug-likeness (QED) is 0.676. The van der Waals surface area contributed by atoms with E-state index < -0.39 is 28.4 Å². The van der Waals surface area contributed by atoms with Crippen LogP contribution in [0, 0.1) is 5.92 Å². The maximum absolute atomic E-state index is 11.9. The van der Waals surface area contributed by atoms with E-state index in [9.17, 15) is 18.0 Å². The van der Waals surface area contributed by atoms with Crippen molar-refractivity contribution in [3.05, 3.63) is 29.8 Å². The van der Waals surface area contributed by atoms with Gasteiger partial charge in [-0.25, -0.2) is 13.1 Å². The highest BCUT2D eigenvalue weighted by Gasteiger charge is 2.15. The summed E-state index contributed by atoms with van der Waals surface area (Å²) in [7, 11) is -3.60. The second-order valence-corrected chi connectivity index (χ2v) is 6.61. The monoisotopic (exact) mass is 314 g/mol. The Bertz CT molecular complexity index is 608. The zero-order valence-electron chi connectivity index (χ0n) is 11.8. The molecule has 0 aliphatic heterocycles. The van der Waals surface area contributed by atoms with Gasteiger partial charge in [-0.1, -0.05) is 13.8 Å². The number of carboxylic acids is 1. The molecule has 116 valence electrons. The molecule has 1 amide bonds. The van der Waals surface area contributed by atoms with Crippen molar-refractivity contribution < 1.29 is 23.1 Å². The van der Waals surface area contributed by atoms with Crippen LogP contribution in [0.3, 0.4) is 0 Å². The number of rotatable bonds is 7.